The summed E-state index contributed by atoms with van der Waals surface area (Å²) in [5.41, 5.74) is 10.7. The van der Waals surface area contributed by atoms with Gasteiger partial charge in [0.2, 0.25) is 0 Å². The Morgan fingerprint density at radius 3 is 2.67 bits per heavy atom. The fourth-order valence-corrected chi connectivity index (χ4v) is 6.32. The van der Waals surface area contributed by atoms with Crippen LogP contribution in [0.15, 0.2) is 52.3 Å². The highest BCUT2D eigenvalue weighted by atomic mass is 19.1. The lowest BCUT2D eigenvalue weighted by molar-refractivity contribution is -0.144. The molecular weight excluding hydrogens is 493 g/mol. The van der Waals surface area contributed by atoms with E-state index in [2.05, 4.69) is 5.32 Å². The first-order chi connectivity index (χ1) is 18.9. The van der Waals surface area contributed by atoms with Crippen molar-refractivity contribution in [2.45, 2.75) is 103 Å². The third kappa shape index (κ3) is 8.51. The Bertz CT molecular complexity index is 1100. The van der Waals surface area contributed by atoms with Gasteiger partial charge in [-0.1, -0.05) is 43.4 Å². The highest BCUT2D eigenvalue weighted by Gasteiger charge is 2.29. The number of aliphatic imine (C=N–C) groups is 1. The molecule has 4 rings (SSSR count). The van der Waals surface area contributed by atoms with E-state index in [1.807, 2.05) is 13.0 Å². The molecule has 0 heterocycles. The molecule has 3 aliphatic carbocycles. The molecule has 1 aromatic rings. The number of nitrogens with two attached hydrogens (primary N) is 1. The topological polar surface area (TPSA) is 93.8 Å². The molecule has 1 amide bonds. The molecule has 0 saturated heterocycles. The highest BCUT2D eigenvalue weighted by Crippen LogP contribution is 2.33. The smallest absolute Gasteiger partial charge is 0.306 e. The van der Waals surface area contributed by atoms with Gasteiger partial charge >= 0.3 is 5.97 Å². The maximum atomic E-state index is 14.0. The SMILES string of the molecule is CCOC(=O)CC1CC/C(=C\NC(=O)C(N)=C2CCCCC(Cc3cccc(F)c3)C2=NC2CCCCC2)C1. The van der Waals surface area contributed by atoms with Crippen molar-refractivity contribution in [3.05, 3.63) is 58.7 Å². The van der Waals surface area contributed by atoms with E-state index in [0.717, 1.165) is 80.2 Å². The normalized spacial score (nSPS) is 25.9. The lowest BCUT2D eigenvalue weighted by Gasteiger charge is -2.25. The van der Waals surface area contributed by atoms with Crippen LogP contribution in [0.4, 0.5) is 4.39 Å². The van der Waals surface area contributed by atoms with Gasteiger partial charge in [-0.15, -0.1) is 0 Å². The average molecular weight is 538 g/mol. The third-order valence-electron chi connectivity index (χ3n) is 8.36. The second-order valence-electron chi connectivity index (χ2n) is 11.4. The largest absolute Gasteiger partial charge is 0.466 e. The number of halogens is 1. The summed E-state index contributed by atoms with van der Waals surface area (Å²) in [6.07, 6.45) is 14.8. The molecule has 3 fully saturated rings. The number of amides is 1. The fourth-order valence-electron chi connectivity index (χ4n) is 6.32. The quantitative estimate of drug-likeness (QED) is 0.231. The van der Waals surface area contributed by atoms with Crippen LogP contribution in [0.25, 0.3) is 0 Å². The first kappa shape index (κ1) is 29.0. The van der Waals surface area contributed by atoms with Crippen molar-refractivity contribution in [1.82, 2.24) is 5.32 Å². The molecule has 39 heavy (non-hydrogen) atoms. The van der Waals surface area contributed by atoms with Crippen molar-refractivity contribution in [2.24, 2.45) is 22.6 Å². The van der Waals surface area contributed by atoms with E-state index in [1.54, 1.807) is 18.3 Å². The molecular formula is C32H44FN3O3. The maximum absolute atomic E-state index is 14.0. The molecule has 0 aliphatic heterocycles. The van der Waals surface area contributed by atoms with Crippen molar-refractivity contribution >= 4 is 17.6 Å². The van der Waals surface area contributed by atoms with E-state index in [4.69, 9.17) is 15.5 Å². The van der Waals surface area contributed by atoms with Gasteiger partial charge in [-0.2, -0.15) is 0 Å². The summed E-state index contributed by atoms with van der Waals surface area (Å²) in [4.78, 5) is 30.4. The summed E-state index contributed by atoms with van der Waals surface area (Å²) in [5.74, 6) is -0.329. The first-order valence-electron chi connectivity index (χ1n) is 14.9. The number of hydrogen-bond acceptors (Lipinski definition) is 5. The van der Waals surface area contributed by atoms with Gasteiger partial charge in [0.25, 0.3) is 5.91 Å². The molecule has 3 N–H and O–H groups in total. The Labute approximate surface area is 232 Å². The van der Waals surface area contributed by atoms with Gasteiger partial charge in [-0.05, 0) is 88.3 Å². The second kappa shape index (κ2) is 14.4. The molecule has 0 radical (unpaired) electrons. The number of benzene rings is 1. The van der Waals surface area contributed by atoms with E-state index in [-0.39, 0.29) is 41.3 Å². The summed E-state index contributed by atoms with van der Waals surface area (Å²) < 4.78 is 19.1. The van der Waals surface area contributed by atoms with E-state index in [1.165, 1.54) is 25.3 Å². The highest BCUT2D eigenvalue weighted by molar-refractivity contribution is 6.09. The Kier molecular flexibility index (Phi) is 10.7. The number of nitrogens with zero attached hydrogens (tertiary/aromatic N) is 1. The van der Waals surface area contributed by atoms with E-state index in [9.17, 15) is 14.0 Å². The van der Waals surface area contributed by atoms with Crippen LogP contribution < -0.4 is 11.1 Å². The van der Waals surface area contributed by atoms with Crippen LogP contribution in [0, 0.1) is 17.7 Å². The molecule has 1 aromatic carbocycles. The first-order valence-corrected chi connectivity index (χ1v) is 14.9. The van der Waals surface area contributed by atoms with Gasteiger partial charge in [0.15, 0.2) is 0 Å². The molecule has 212 valence electrons. The molecule has 6 nitrogen and oxygen atoms in total. The molecule has 3 saturated carbocycles. The van der Waals surface area contributed by atoms with Gasteiger partial charge in [-0.25, -0.2) is 4.39 Å². The Hall–Kier alpha value is -2.96. The maximum Gasteiger partial charge on any atom is 0.306 e. The third-order valence-corrected chi connectivity index (χ3v) is 8.36. The summed E-state index contributed by atoms with van der Waals surface area (Å²) in [6.45, 7) is 2.21. The number of nitrogens with one attached hydrogen (secondary N) is 1. The van der Waals surface area contributed by atoms with Crippen LogP contribution in [0.2, 0.25) is 0 Å². The molecule has 0 aromatic heterocycles. The minimum Gasteiger partial charge on any atom is -0.466 e. The molecule has 3 aliphatic rings. The van der Waals surface area contributed by atoms with Crippen molar-refractivity contribution in [3.63, 3.8) is 0 Å². The molecule has 0 spiro atoms. The molecule has 7 heteroatoms. The standard InChI is InChI=1S/C32H44FN3O3/c1-2-39-29(37)20-23-15-16-24(17-23)21-35-32(38)30(34)28-14-7-6-10-25(18-22-9-8-11-26(33)19-22)31(28)36-27-12-4-3-5-13-27/h8-9,11,19,21,23,25,27H,2-7,10,12-18,20,34H2,1H3,(H,35,38)/b24-21+,30-28?,36-31?. The fraction of sp³-hybridized carbons (Fsp3) is 0.594. The number of allylic oxidation sites excluding steroid dienone is 2. The number of carbonyl (C=O) groups is 2. The molecule has 0 bridgehead atoms. The lowest BCUT2D eigenvalue weighted by Crippen LogP contribution is -2.30. The minimum absolute atomic E-state index is 0.106. The molecule has 2 unspecified atom stereocenters. The van der Waals surface area contributed by atoms with Crippen LogP contribution in [0.5, 0.6) is 0 Å². The van der Waals surface area contributed by atoms with Crippen LogP contribution in [-0.4, -0.2) is 30.2 Å². The number of carbonyl (C=O) groups excluding carboxylic acids is 2. The van der Waals surface area contributed by atoms with Gasteiger partial charge in [-0.3, -0.25) is 14.6 Å². The Balaban J connectivity index is 1.53. The number of rotatable bonds is 8. The van der Waals surface area contributed by atoms with Crippen molar-refractivity contribution < 1.29 is 18.7 Å². The zero-order valence-corrected chi connectivity index (χ0v) is 23.4. The van der Waals surface area contributed by atoms with Crippen LogP contribution in [-0.2, 0) is 20.7 Å². The van der Waals surface area contributed by atoms with Crippen molar-refractivity contribution in [2.75, 3.05) is 6.61 Å². The number of ether oxygens (including phenoxy) is 1. The van der Waals surface area contributed by atoms with Crippen LogP contribution in [0.3, 0.4) is 0 Å². The predicted molar refractivity (Wildman–Crippen MR) is 152 cm³/mol. The van der Waals surface area contributed by atoms with Gasteiger partial charge in [0.05, 0.1) is 12.6 Å². The zero-order chi connectivity index (χ0) is 27.6. The summed E-state index contributed by atoms with van der Waals surface area (Å²) in [7, 11) is 0. The summed E-state index contributed by atoms with van der Waals surface area (Å²) in [6, 6.07) is 7.05. The van der Waals surface area contributed by atoms with Crippen molar-refractivity contribution in [3.8, 4) is 0 Å². The minimum atomic E-state index is -0.297. The monoisotopic (exact) mass is 537 g/mol. The van der Waals surface area contributed by atoms with Crippen LogP contribution in [0.1, 0.15) is 96.0 Å². The summed E-state index contributed by atoms with van der Waals surface area (Å²) in [5, 5.41) is 2.93. The van der Waals surface area contributed by atoms with Gasteiger partial charge in [0.1, 0.15) is 11.5 Å². The number of esters is 1. The predicted octanol–water partition coefficient (Wildman–Crippen LogP) is 6.30. The van der Waals surface area contributed by atoms with Gasteiger partial charge < -0.3 is 15.8 Å². The second-order valence-corrected chi connectivity index (χ2v) is 11.4. The Morgan fingerprint density at radius 1 is 1.10 bits per heavy atom. The molecule has 2 atom stereocenters. The van der Waals surface area contributed by atoms with Crippen molar-refractivity contribution in [1.29, 1.82) is 0 Å². The lowest BCUT2D eigenvalue weighted by atomic mass is 9.87. The Morgan fingerprint density at radius 2 is 1.90 bits per heavy atom. The van der Waals surface area contributed by atoms with Gasteiger partial charge in [0, 0.05) is 29.8 Å². The van der Waals surface area contributed by atoms with Crippen LogP contribution >= 0.6 is 0 Å². The average Bonchev–Trinajstić information content (AvgIpc) is 3.28. The van der Waals surface area contributed by atoms with E-state index >= 15 is 0 Å². The number of hydrogen-bond donors (Lipinski definition) is 2. The van der Waals surface area contributed by atoms with E-state index in [0.29, 0.717) is 19.4 Å². The van der Waals surface area contributed by atoms with E-state index < -0.39 is 0 Å². The summed E-state index contributed by atoms with van der Waals surface area (Å²) >= 11 is 0. The zero-order valence-electron chi connectivity index (χ0n) is 23.4.